The number of hydrogen-bond acceptors (Lipinski definition) is 7. The first-order valence-electron chi connectivity index (χ1n) is 21.2. The molecule has 0 aliphatic rings. The van der Waals surface area contributed by atoms with Crippen LogP contribution in [0.2, 0.25) is 0 Å². The number of aromatic nitrogens is 7. The van der Waals surface area contributed by atoms with Crippen molar-refractivity contribution in [2.24, 2.45) is 0 Å². The van der Waals surface area contributed by atoms with E-state index in [0.717, 1.165) is 105 Å². The van der Waals surface area contributed by atoms with Gasteiger partial charge in [-0.3, -0.25) is 19.9 Å². The minimum absolute atomic E-state index is 0.541. The Morgan fingerprint density at radius 3 is 1.31 bits per heavy atom. The van der Waals surface area contributed by atoms with Crippen LogP contribution in [0.1, 0.15) is 0 Å². The van der Waals surface area contributed by atoms with Crippen molar-refractivity contribution in [3.05, 3.63) is 213 Å². The van der Waals surface area contributed by atoms with Gasteiger partial charge in [0.1, 0.15) is 0 Å². The lowest BCUT2D eigenvalue weighted by atomic mass is 9.93. The predicted molar refractivity (Wildman–Crippen MR) is 259 cm³/mol. The highest BCUT2D eigenvalue weighted by atomic mass is 15.0. The smallest absolute Gasteiger partial charge is 0.165 e. The molecule has 64 heavy (non-hydrogen) atoms. The van der Waals surface area contributed by atoms with Gasteiger partial charge in [0.25, 0.3) is 0 Å². The van der Waals surface area contributed by atoms with Crippen LogP contribution in [-0.4, -0.2) is 34.9 Å². The molecular weight excluding hydrogens is 783 g/mol. The highest BCUT2D eigenvalue weighted by Gasteiger charge is 2.17. The average Bonchev–Trinajstić information content (AvgIpc) is 3.38. The summed E-state index contributed by atoms with van der Waals surface area (Å²) in [5.74, 6) is 1.66. The van der Waals surface area contributed by atoms with Gasteiger partial charge in [-0.2, -0.15) is 0 Å². The minimum atomic E-state index is 0.541. The Balaban J connectivity index is 1.02. The summed E-state index contributed by atoms with van der Waals surface area (Å²) >= 11 is 0. The van der Waals surface area contributed by atoms with Gasteiger partial charge in [-0.1, -0.05) is 109 Å². The standard InChI is InChI=1S/C57H35N7/c1-4-12-51-40(8-1)31-46(35-61-51)57-63-55(42-23-24-52-41(30-42)9-7-27-58-52)62-56(64-57)45-33-43(36-15-19-38(20-16-36)47-25-28-59-53-13-5-2-10-49(47)53)32-44(34-45)37-17-21-39(22-18-37)48-26-29-60-54-14-6-3-11-50(48)54/h1-35H. The first-order valence-corrected chi connectivity index (χ1v) is 21.2. The van der Waals surface area contributed by atoms with Crippen LogP contribution in [0.3, 0.4) is 0 Å². The fourth-order valence-corrected chi connectivity index (χ4v) is 8.64. The fourth-order valence-electron chi connectivity index (χ4n) is 8.64. The molecule has 0 unspecified atom stereocenters. The van der Waals surface area contributed by atoms with Crippen LogP contribution in [-0.2, 0) is 0 Å². The van der Waals surface area contributed by atoms with E-state index in [2.05, 4.69) is 154 Å². The summed E-state index contributed by atoms with van der Waals surface area (Å²) in [4.78, 5) is 34.1. The summed E-state index contributed by atoms with van der Waals surface area (Å²) in [6.07, 6.45) is 7.41. The van der Waals surface area contributed by atoms with E-state index >= 15 is 0 Å². The van der Waals surface area contributed by atoms with Crippen molar-refractivity contribution in [3.8, 4) is 78.7 Å². The maximum atomic E-state index is 5.23. The molecule has 0 aliphatic carbocycles. The zero-order valence-corrected chi connectivity index (χ0v) is 34.3. The first-order chi connectivity index (χ1) is 31.7. The van der Waals surface area contributed by atoms with Crippen molar-refractivity contribution in [1.82, 2.24) is 34.9 Å². The number of pyridine rings is 4. The normalized spacial score (nSPS) is 11.4. The van der Waals surface area contributed by atoms with E-state index in [1.807, 2.05) is 73.3 Å². The summed E-state index contributed by atoms with van der Waals surface area (Å²) in [5, 5.41) is 4.26. The number of rotatable bonds is 7. The molecule has 5 heterocycles. The van der Waals surface area contributed by atoms with Crippen molar-refractivity contribution >= 4 is 43.6 Å². The number of nitrogens with zero attached hydrogens (tertiary/aromatic N) is 7. The maximum absolute atomic E-state index is 5.23. The summed E-state index contributed by atoms with van der Waals surface area (Å²) < 4.78 is 0. The van der Waals surface area contributed by atoms with Crippen LogP contribution in [0.15, 0.2) is 213 Å². The average molecular weight is 818 g/mol. The number of fused-ring (bicyclic) bond motifs is 4. The van der Waals surface area contributed by atoms with E-state index in [1.165, 1.54) is 0 Å². The predicted octanol–water partition coefficient (Wildman–Crippen LogP) is 13.7. The van der Waals surface area contributed by atoms with Crippen molar-refractivity contribution in [1.29, 1.82) is 0 Å². The molecule has 7 nitrogen and oxygen atoms in total. The van der Waals surface area contributed by atoms with Crippen LogP contribution in [0.4, 0.5) is 0 Å². The van der Waals surface area contributed by atoms with E-state index < -0.39 is 0 Å². The zero-order chi connectivity index (χ0) is 42.4. The number of hydrogen-bond donors (Lipinski definition) is 0. The molecule has 7 heteroatoms. The van der Waals surface area contributed by atoms with E-state index in [-0.39, 0.29) is 0 Å². The molecule has 0 amide bonds. The van der Waals surface area contributed by atoms with E-state index in [0.29, 0.717) is 17.5 Å². The molecule has 0 spiro atoms. The molecule has 0 saturated carbocycles. The summed E-state index contributed by atoms with van der Waals surface area (Å²) in [7, 11) is 0. The third kappa shape index (κ3) is 6.87. The zero-order valence-electron chi connectivity index (χ0n) is 34.3. The second kappa shape index (κ2) is 15.6. The Labute approximate surface area is 368 Å². The lowest BCUT2D eigenvalue weighted by molar-refractivity contribution is 1.07. The number of benzene rings is 7. The van der Waals surface area contributed by atoms with Gasteiger partial charge in [0.15, 0.2) is 17.5 Å². The van der Waals surface area contributed by atoms with E-state index in [1.54, 1.807) is 0 Å². The molecule has 0 fully saturated rings. The van der Waals surface area contributed by atoms with Gasteiger partial charge in [0.05, 0.1) is 22.1 Å². The van der Waals surface area contributed by atoms with Crippen LogP contribution < -0.4 is 0 Å². The summed E-state index contributed by atoms with van der Waals surface area (Å²) in [6.45, 7) is 0. The van der Waals surface area contributed by atoms with E-state index in [9.17, 15) is 0 Å². The molecule has 298 valence electrons. The third-order valence-electron chi connectivity index (χ3n) is 11.9. The molecule has 0 N–H and O–H groups in total. The Bertz CT molecular complexity index is 3490. The van der Waals surface area contributed by atoms with Crippen LogP contribution >= 0.6 is 0 Å². The Morgan fingerprint density at radius 2 is 0.688 bits per heavy atom. The highest BCUT2D eigenvalue weighted by molar-refractivity contribution is 5.96. The van der Waals surface area contributed by atoms with Crippen molar-refractivity contribution in [2.75, 3.05) is 0 Å². The van der Waals surface area contributed by atoms with Gasteiger partial charge in [0, 0.05) is 63.0 Å². The van der Waals surface area contributed by atoms with Crippen LogP contribution in [0.5, 0.6) is 0 Å². The highest BCUT2D eigenvalue weighted by Crippen LogP contribution is 2.37. The Hall–Kier alpha value is -8.81. The molecular formula is C57H35N7. The van der Waals surface area contributed by atoms with Gasteiger partial charge in [0.2, 0.25) is 0 Å². The summed E-state index contributed by atoms with van der Waals surface area (Å²) in [6, 6.07) is 65.2. The molecule has 0 atom stereocenters. The van der Waals surface area contributed by atoms with Crippen molar-refractivity contribution < 1.29 is 0 Å². The fraction of sp³-hybridized carbons (Fsp3) is 0. The second-order valence-electron chi connectivity index (χ2n) is 15.8. The van der Waals surface area contributed by atoms with Crippen molar-refractivity contribution in [3.63, 3.8) is 0 Å². The maximum Gasteiger partial charge on any atom is 0.165 e. The molecule has 0 saturated heterocycles. The SMILES string of the molecule is c1cnc2ccc(-c3nc(-c4cc(-c5ccc(-c6ccnc7ccccc67)cc5)cc(-c5ccc(-c6ccnc7ccccc67)cc5)c4)nc(-c4cnc5ccccc5c4)n3)cc2c1. The molecule has 7 aromatic carbocycles. The van der Waals surface area contributed by atoms with Gasteiger partial charge >= 0.3 is 0 Å². The summed E-state index contributed by atoms with van der Waals surface area (Å²) in [5.41, 5.74) is 15.1. The molecule has 12 rings (SSSR count). The largest absolute Gasteiger partial charge is 0.256 e. The lowest BCUT2D eigenvalue weighted by Crippen LogP contribution is -2.01. The second-order valence-corrected chi connectivity index (χ2v) is 15.8. The van der Waals surface area contributed by atoms with Gasteiger partial charge < -0.3 is 0 Å². The molecule has 5 aromatic heterocycles. The molecule has 12 aromatic rings. The third-order valence-corrected chi connectivity index (χ3v) is 11.9. The Morgan fingerprint density at radius 1 is 0.250 bits per heavy atom. The van der Waals surface area contributed by atoms with Gasteiger partial charge in [-0.05, 0) is 123 Å². The van der Waals surface area contributed by atoms with Gasteiger partial charge in [-0.15, -0.1) is 0 Å². The van der Waals surface area contributed by atoms with Crippen molar-refractivity contribution in [2.45, 2.75) is 0 Å². The molecule has 0 aliphatic heterocycles. The van der Waals surface area contributed by atoms with Gasteiger partial charge in [-0.25, -0.2) is 15.0 Å². The van der Waals surface area contributed by atoms with Crippen LogP contribution in [0.25, 0.3) is 122 Å². The monoisotopic (exact) mass is 817 g/mol. The minimum Gasteiger partial charge on any atom is -0.256 e. The molecule has 0 bridgehead atoms. The first kappa shape index (κ1) is 37.0. The topological polar surface area (TPSA) is 90.2 Å². The molecule has 0 radical (unpaired) electrons. The van der Waals surface area contributed by atoms with E-state index in [4.69, 9.17) is 19.9 Å². The Kier molecular flexibility index (Phi) is 9.01. The quantitative estimate of drug-likeness (QED) is 0.158. The number of para-hydroxylation sites is 3. The van der Waals surface area contributed by atoms with Crippen LogP contribution in [0, 0.1) is 0 Å². The lowest BCUT2D eigenvalue weighted by Gasteiger charge is -2.14.